The number of sulfonamides is 1. The van der Waals surface area contributed by atoms with Gasteiger partial charge in [-0.25, -0.2) is 0 Å². The molecule has 7 heteroatoms. The van der Waals surface area contributed by atoms with Gasteiger partial charge in [-0.3, -0.25) is 0 Å². The number of hydrogen-bond donors (Lipinski definition) is 1. The minimum atomic E-state index is -3.71. The van der Waals surface area contributed by atoms with E-state index in [0.29, 0.717) is 16.7 Å². The van der Waals surface area contributed by atoms with E-state index < -0.39 is 10.0 Å². The van der Waals surface area contributed by atoms with Gasteiger partial charge in [0.1, 0.15) is 11.1 Å². The molecule has 0 unspecified atom stereocenters. The number of rotatable bonds is 3. The van der Waals surface area contributed by atoms with Crippen molar-refractivity contribution in [2.24, 2.45) is 0 Å². The predicted octanol–water partition coefficient (Wildman–Crippen LogP) is 2.71. The standard InChI is InChI=1S/C15H11N3O3S/c19-22(20,11-6-2-1-3-7-11)17-18-15-12-8-4-5-9-13(12)21-14(15)10-16-18/h1-10,17H. The Morgan fingerprint density at radius 2 is 1.68 bits per heavy atom. The van der Waals surface area contributed by atoms with Crippen LogP contribution in [0.1, 0.15) is 0 Å². The highest BCUT2D eigenvalue weighted by Crippen LogP contribution is 2.27. The largest absolute Gasteiger partial charge is 0.453 e. The molecule has 2 aromatic heterocycles. The van der Waals surface area contributed by atoms with Crippen LogP contribution in [0.4, 0.5) is 0 Å². The first-order valence-electron chi connectivity index (χ1n) is 6.58. The van der Waals surface area contributed by atoms with Crippen LogP contribution in [0, 0.1) is 0 Å². The molecular formula is C15H11N3O3S. The lowest BCUT2D eigenvalue weighted by molar-refractivity contribution is 0.593. The predicted molar refractivity (Wildman–Crippen MR) is 82.5 cm³/mol. The molecule has 0 fully saturated rings. The van der Waals surface area contributed by atoms with Gasteiger partial charge in [-0.1, -0.05) is 30.3 Å². The van der Waals surface area contributed by atoms with Crippen LogP contribution < -0.4 is 4.83 Å². The summed E-state index contributed by atoms with van der Waals surface area (Å²) in [5, 5.41) is 4.85. The minimum Gasteiger partial charge on any atom is -0.453 e. The van der Waals surface area contributed by atoms with Gasteiger partial charge < -0.3 is 4.42 Å². The second-order valence-electron chi connectivity index (χ2n) is 4.78. The van der Waals surface area contributed by atoms with E-state index in [9.17, 15) is 8.42 Å². The van der Waals surface area contributed by atoms with Crippen molar-refractivity contribution < 1.29 is 12.8 Å². The fraction of sp³-hybridized carbons (Fsp3) is 0. The second-order valence-corrected chi connectivity index (χ2v) is 6.44. The third-order valence-corrected chi connectivity index (χ3v) is 4.66. The van der Waals surface area contributed by atoms with E-state index in [-0.39, 0.29) is 4.90 Å². The van der Waals surface area contributed by atoms with Gasteiger partial charge in [0.15, 0.2) is 5.58 Å². The SMILES string of the molecule is O=S(=O)(Nn1ncc2oc3ccccc3c21)c1ccccc1. The normalized spacial score (nSPS) is 12.0. The van der Waals surface area contributed by atoms with Gasteiger partial charge in [0, 0.05) is 5.39 Å². The molecule has 0 spiro atoms. The van der Waals surface area contributed by atoms with E-state index in [4.69, 9.17) is 4.42 Å². The maximum atomic E-state index is 12.4. The lowest BCUT2D eigenvalue weighted by Crippen LogP contribution is -2.24. The summed E-state index contributed by atoms with van der Waals surface area (Å²) in [4.78, 5) is 3.85. The summed E-state index contributed by atoms with van der Waals surface area (Å²) in [5.74, 6) is 0. The Hall–Kier alpha value is -2.80. The molecule has 110 valence electrons. The molecule has 2 heterocycles. The van der Waals surface area contributed by atoms with E-state index in [1.165, 1.54) is 23.1 Å². The number of fused-ring (bicyclic) bond motifs is 3. The maximum absolute atomic E-state index is 12.4. The third kappa shape index (κ3) is 1.94. The van der Waals surface area contributed by atoms with Gasteiger partial charge in [-0.15, -0.1) is 0 Å². The number of nitrogens with one attached hydrogen (secondary N) is 1. The van der Waals surface area contributed by atoms with Crippen LogP contribution in [-0.2, 0) is 10.0 Å². The maximum Gasteiger partial charge on any atom is 0.276 e. The average molecular weight is 313 g/mol. The van der Waals surface area contributed by atoms with Crippen LogP contribution in [-0.4, -0.2) is 18.3 Å². The van der Waals surface area contributed by atoms with Crippen molar-refractivity contribution in [3.8, 4) is 0 Å². The van der Waals surface area contributed by atoms with E-state index >= 15 is 0 Å². The Kier molecular flexibility index (Phi) is 2.70. The van der Waals surface area contributed by atoms with Crippen LogP contribution in [0.5, 0.6) is 0 Å². The van der Waals surface area contributed by atoms with Crippen molar-refractivity contribution in [1.29, 1.82) is 0 Å². The summed E-state index contributed by atoms with van der Waals surface area (Å²) in [6.07, 6.45) is 1.49. The molecule has 4 aromatic rings. The van der Waals surface area contributed by atoms with Crippen molar-refractivity contribution in [2.45, 2.75) is 4.90 Å². The Bertz CT molecular complexity index is 1070. The van der Waals surface area contributed by atoms with Gasteiger partial charge in [-0.05, 0) is 24.3 Å². The van der Waals surface area contributed by atoms with Crippen LogP contribution in [0.15, 0.2) is 70.1 Å². The number of hydrogen-bond acceptors (Lipinski definition) is 4. The number of nitrogens with zero attached hydrogens (tertiary/aromatic N) is 2. The molecule has 0 aliphatic heterocycles. The van der Waals surface area contributed by atoms with Gasteiger partial charge in [0.2, 0.25) is 0 Å². The first-order valence-corrected chi connectivity index (χ1v) is 8.07. The summed E-state index contributed by atoms with van der Waals surface area (Å²) in [5.41, 5.74) is 1.80. The van der Waals surface area contributed by atoms with E-state index in [0.717, 1.165) is 5.39 Å². The number of aromatic nitrogens is 2. The minimum absolute atomic E-state index is 0.173. The van der Waals surface area contributed by atoms with Crippen LogP contribution in [0.3, 0.4) is 0 Å². The monoisotopic (exact) mass is 313 g/mol. The quantitative estimate of drug-likeness (QED) is 0.631. The summed E-state index contributed by atoms with van der Waals surface area (Å²) < 4.78 is 30.4. The molecule has 0 aliphatic rings. The van der Waals surface area contributed by atoms with Gasteiger partial charge in [-0.2, -0.15) is 23.1 Å². The molecule has 2 aromatic carbocycles. The number of benzene rings is 2. The van der Waals surface area contributed by atoms with Gasteiger partial charge >= 0.3 is 0 Å². The lowest BCUT2D eigenvalue weighted by Gasteiger charge is -2.08. The number of furan rings is 1. The van der Waals surface area contributed by atoms with Crippen molar-refractivity contribution in [3.63, 3.8) is 0 Å². The Balaban J connectivity index is 1.85. The van der Waals surface area contributed by atoms with Crippen molar-refractivity contribution in [3.05, 3.63) is 60.8 Å². The van der Waals surface area contributed by atoms with Gasteiger partial charge in [0.25, 0.3) is 10.0 Å². The average Bonchev–Trinajstić information content (AvgIpc) is 3.08. The summed E-state index contributed by atoms with van der Waals surface area (Å²) in [6, 6.07) is 15.5. The molecule has 0 atom stereocenters. The van der Waals surface area contributed by atoms with E-state index in [2.05, 4.69) is 9.93 Å². The summed E-state index contributed by atoms with van der Waals surface area (Å²) in [7, 11) is -3.71. The highest BCUT2D eigenvalue weighted by Gasteiger charge is 2.18. The molecule has 0 bridgehead atoms. The molecule has 0 radical (unpaired) electrons. The van der Waals surface area contributed by atoms with Crippen molar-refractivity contribution >= 4 is 32.1 Å². The molecule has 0 aliphatic carbocycles. The Labute approximate surface area is 126 Å². The molecule has 22 heavy (non-hydrogen) atoms. The fourth-order valence-electron chi connectivity index (χ4n) is 2.36. The van der Waals surface area contributed by atoms with Crippen LogP contribution >= 0.6 is 0 Å². The summed E-state index contributed by atoms with van der Waals surface area (Å²) >= 11 is 0. The molecule has 4 rings (SSSR count). The summed E-state index contributed by atoms with van der Waals surface area (Å²) in [6.45, 7) is 0. The lowest BCUT2D eigenvalue weighted by atomic mass is 10.2. The highest BCUT2D eigenvalue weighted by atomic mass is 32.2. The van der Waals surface area contributed by atoms with Crippen LogP contribution in [0.25, 0.3) is 22.1 Å². The highest BCUT2D eigenvalue weighted by molar-refractivity contribution is 7.92. The van der Waals surface area contributed by atoms with E-state index in [1.54, 1.807) is 18.2 Å². The second kappa shape index (κ2) is 4.60. The zero-order chi connectivity index (χ0) is 15.2. The van der Waals surface area contributed by atoms with Crippen LogP contribution in [0.2, 0.25) is 0 Å². The number of para-hydroxylation sites is 1. The molecule has 0 amide bonds. The first kappa shape index (κ1) is 12.9. The zero-order valence-corrected chi connectivity index (χ0v) is 12.1. The van der Waals surface area contributed by atoms with E-state index in [1.807, 2.05) is 24.3 Å². The zero-order valence-electron chi connectivity index (χ0n) is 11.3. The molecule has 1 N–H and O–H groups in total. The molecule has 0 saturated heterocycles. The smallest absolute Gasteiger partial charge is 0.276 e. The first-order chi connectivity index (χ1) is 10.6. The van der Waals surface area contributed by atoms with Crippen molar-refractivity contribution in [2.75, 3.05) is 4.83 Å². The Morgan fingerprint density at radius 3 is 2.50 bits per heavy atom. The van der Waals surface area contributed by atoms with Gasteiger partial charge in [0.05, 0.1) is 11.1 Å². The topological polar surface area (TPSA) is 77.1 Å². The molecule has 0 saturated carbocycles. The third-order valence-electron chi connectivity index (χ3n) is 3.36. The molecular weight excluding hydrogens is 302 g/mol. The fourth-order valence-corrected chi connectivity index (χ4v) is 3.35. The van der Waals surface area contributed by atoms with Crippen molar-refractivity contribution in [1.82, 2.24) is 9.89 Å². The Morgan fingerprint density at radius 1 is 0.955 bits per heavy atom. The molecule has 6 nitrogen and oxygen atoms in total.